The quantitative estimate of drug-likeness (QED) is 0.600. The van der Waals surface area contributed by atoms with Crippen LogP contribution in [0, 0.1) is 5.92 Å². The number of nitrogens with one attached hydrogen (secondary N) is 1. The molecule has 4 rings (SSSR count). The van der Waals surface area contributed by atoms with E-state index in [1.807, 2.05) is 45.9 Å². The Balaban J connectivity index is 1.21. The van der Waals surface area contributed by atoms with Crippen LogP contribution in [0.5, 0.6) is 5.75 Å². The zero-order chi connectivity index (χ0) is 23.4. The second kappa shape index (κ2) is 10.2. The Labute approximate surface area is 195 Å². The van der Waals surface area contributed by atoms with Crippen molar-refractivity contribution in [1.82, 2.24) is 10.3 Å². The lowest BCUT2D eigenvalue weighted by molar-refractivity contribution is 0.0179. The van der Waals surface area contributed by atoms with E-state index in [-0.39, 0.29) is 12.1 Å². The van der Waals surface area contributed by atoms with Crippen molar-refractivity contribution in [2.24, 2.45) is 5.92 Å². The average molecular weight is 460 g/mol. The Kier molecular flexibility index (Phi) is 7.32. The van der Waals surface area contributed by atoms with E-state index in [1.165, 1.54) is 19.3 Å². The van der Waals surface area contributed by atoms with Gasteiger partial charge in [0.25, 0.3) is 6.01 Å². The second-order valence-corrected chi connectivity index (χ2v) is 10.3. The number of alkyl carbamates (subject to hydrolysis) is 1. The summed E-state index contributed by atoms with van der Waals surface area (Å²) in [4.78, 5) is 18.7. The molecule has 0 spiro atoms. The van der Waals surface area contributed by atoms with Gasteiger partial charge in [0.2, 0.25) is 0 Å². The SMILES string of the molecule is C[C@@H](COC1CCN(c2nc3cc(OCC4CCC4)ccc3o2)CC1)NC(=O)OC(C)(C)C. The van der Waals surface area contributed by atoms with E-state index in [2.05, 4.69) is 10.2 Å². The Morgan fingerprint density at radius 2 is 2.00 bits per heavy atom. The van der Waals surface area contributed by atoms with Crippen LogP contribution in [0.15, 0.2) is 22.6 Å². The maximum Gasteiger partial charge on any atom is 0.407 e. The number of fused-ring (bicyclic) bond motifs is 1. The molecule has 182 valence electrons. The number of piperidine rings is 1. The van der Waals surface area contributed by atoms with Crippen molar-refractivity contribution in [3.63, 3.8) is 0 Å². The van der Waals surface area contributed by atoms with E-state index in [9.17, 15) is 4.79 Å². The number of benzene rings is 1. The smallest absolute Gasteiger partial charge is 0.407 e. The lowest BCUT2D eigenvalue weighted by atomic mass is 9.86. The molecular weight excluding hydrogens is 422 g/mol. The zero-order valence-electron chi connectivity index (χ0n) is 20.3. The lowest BCUT2D eigenvalue weighted by Gasteiger charge is -2.31. The van der Waals surface area contributed by atoms with Gasteiger partial charge in [-0.3, -0.25) is 0 Å². The number of aromatic nitrogens is 1. The van der Waals surface area contributed by atoms with Gasteiger partial charge in [0, 0.05) is 19.2 Å². The van der Waals surface area contributed by atoms with Crippen LogP contribution in [0.1, 0.15) is 59.8 Å². The van der Waals surface area contributed by atoms with Gasteiger partial charge >= 0.3 is 6.09 Å². The number of nitrogens with zero attached hydrogens (tertiary/aromatic N) is 2. The fourth-order valence-corrected chi connectivity index (χ4v) is 4.04. The third kappa shape index (κ3) is 6.76. The van der Waals surface area contributed by atoms with Gasteiger partial charge in [0.1, 0.15) is 16.9 Å². The van der Waals surface area contributed by atoms with E-state index in [0.29, 0.717) is 18.5 Å². The molecule has 1 aliphatic carbocycles. The van der Waals surface area contributed by atoms with Crippen LogP contribution in [-0.4, -0.2) is 55.1 Å². The number of anilines is 1. The highest BCUT2D eigenvalue weighted by Gasteiger charge is 2.25. The molecule has 1 aromatic heterocycles. The molecule has 1 saturated carbocycles. The molecular formula is C25H37N3O5. The molecule has 2 fully saturated rings. The standard InChI is InChI=1S/C25H37N3O5/c1-17(26-24(29)33-25(2,3)4)15-30-19-10-12-28(13-11-19)23-27-21-14-20(8-9-22(21)32-23)31-16-18-6-5-7-18/h8-9,14,17-19H,5-7,10-13,15-16H2,1-4H3,(H,26,29)/t17-/m0/s1. The lowest BCUT2D eigenvalue weighted by Crippen LogP contribution is -2.42. The molecule has 33 heavy (non-hydrogen) atoms. The van der Waals surface area contributed by atoms with Gasteiger partial charge in [0.15, 0.2) is 5.58 Å². The first-order valence-electron chi connectivity index (χ1n) is 12.1. The largest absolute Gasteiger partial charge is 0.493 e. The summed E-state index contributed by atoms with van der Waals surface area (Å²) >= 11 is 0. The van der Waals surface area contributed by atoms with E-state index in [0.717, 1.165) is 49.4 Å². The third-order valence-corrected chi connectivity index (χ3v) is 6.12. The molecule has 0 radical (unpaired) electrons. The molecule has 8 heteroatoms. The van der Waals surface area contributed by atoms with E-state index >= 15 is 0 Å². The molecule has 1 N–H and O–H groups in total. The summed E-state index contributed by atoms with van der Waals surface area (Å²) < 4.78 is 23.2. The highest BCUT2D eigenvalue weighted by molar-refractivity contribution is 5.76. The van der Waals surface area contributed by atoms with Crippen LogP contribution in [0.3, 0.4) is 0 Å². The number of hydrogen-bond acceptors (Lipinski definition) is 7. The first-order valence-corrected chi connectivity index (χ1v) is 12.1. The topological polar surface area (TPSA) is 86.1 Å². The Morgan fingerprint density at radius 3 is 2.67 bits per heavy atom. The zero-order valence-corrected chi connectivity index (χ0v) is 20.3. The van der Waals surface area contributed by atoms with Gasteiger partial charge in [-0.05, 0) is 71.4 Å². The highest BCUT2D eigenvalue weighted by atomic mass is 16.6. The van der Waals surface area contributed by atoms with Gasteiger partial charge in [0.05, 0.1) is 25.4 Å². The van der Waals surface area contributed by atoms with Crippen LogP contribution >= 0.6 is 0 Å². The van der Waals surface area contributed by atoms with Gasteiger partial charge in [-0.25, -0.2) is 4.79 Å². The number of ether oxygens (including phenoxy) is 3. The highest BCUT2D eigenvalue weighted by Crippen LogP contribution is 2.30. The molecule has 8 nitrogen and oxygen atoms in total. The van der Waals surface area contributed by atoms with Crippen molar-refractivity contribution in [3.05, 3.63) is 18.2 Å². The molecule has 2 aliphatic rings. The minimum Gasteiger partial charge on any atom is -0.493 e. The summed E-state index contributed by atoms with van der Waals surface area (Å²) in [6.07, 6.45) is 5.37. The molecule has 2 heterocycles. The van der Waals surface area contributed by atoms with Gasteiger partial charge < -0.3 is 28.8 Å². The van der Waals surface area contributed by atoms with E-state index in [4.69, 9.17) is 23.6 Å². The van der Waals surface area contributed by atoms with E-state index < -0.39 is 11.7 Å². The van der Waals surface area contributed by atoms with Crippen LogP contribution < -0.4 is 15.0 Å². The van der Waals surface area contributed by atoms with Crippen molar-refractivity contribution in [2.45, 2.75) is 77.5 Å². The molecule has 1 aromatic carbocycles. The second-order valence-electron chi connectivity index (χ2n) is 10.3. The maximum atomic E-state index is 11.9. The van der Waals surface area contributed by atoms with Crippen LogP contribution in [0.25, 0.3) is 11.1 Å². The molecule has 1 aliphatic heterocycles. The van der Waals surface area contributed by atoms with Crippen LogP contribution in [-0.2, 0) is 9.47 Å². The monoisotopic (exact) mass is 459 g/mol. The van der Waals surface area contributed by atoms with Crippen LogP contribution in [0.4, 0.5) is 10.8 Å². The van der Waals surface area contributed by atoms with Gasteiger partial charge in [-0.2, -0.15) is 4.98 Å². The first-order chi connectivity index (χ1) is 15.7. The summed E-state index contributed by atoms with van der Waals surface area (Å²) in [6.45, 7) is 10.3. The molecule has 1 amide bonds. The molecule has 0 bridgehead atoms. The maximum absolute atomic E-state index is 11.9. The van der Waals surface area contributed by atoms with Crippen molar-refractivity contribution in [1.29, 1.82) is 0 Å². The third-order valence-electron chi connectivity index (χ3n) is 6.12. The molecule has 1 saturated heterocycles. The van der Waals surface area contributed by atoms with Crippen molar-refractivity contribution in [2.75, 3.05) is 31.2 Å². The number of carbonyl (C=O) groups is 1. The van der Waals surface area contributed by atoms with Gasteiger partial charge in [-0.1, -0.05) is 6.42 Å². The van der Waals surface area contributed by atoms with Crippen LogP contribution in [0.2, 0.25) is 0 Å². The van der Waals surface area contributed by atoms with Crippen molar-refractivity contribution in [3.8, 4) is 5.75 Å². The summed E-state index contributed by atoms with van der Waals surface area (Å²) in [5.41, 5.74) is 1.10. The Hall–Kier alpha value is -2.48. The first kappa shape index (κ1) is 23.7. The predicted molar refractivity (Wildman–Crippen MR) is 127 cm³/mol. The van der Waals surface area contributed by atoms with E-state index in [1.54, 1.807) is 0 Å². The molecule has 2 aromatic rings. The van der Waals surface area contributed by atoms with Gasteiger partial charge in [-0.15, -0.1) is 0 Å². The average Bonchev–Trinajstić information content (AvgIpc) is 3.13. The summed E-state index contributed by atoms with van der Waals surface area (Å²) in [7, 11) is 0. The predicted octanol–water partition coefficient (Wildman–Crippen LogP) is 4.91. The minimum atomic E-state index is -0.507. The fourth-order valence-electron chi connectivity index (χ4n) is 4.04. The summed E-state index contributed by atoms with van der Waals surface area (Å²) in [5, 5.41) is 2.82. The van der Waals surface area contributed by atoms with Crippen molar-refractivity contribution < 1.29 is 23.4 Å². The van der Waals surface area contributed by atoms with Crippen molar-refractivity contribution >= 4 is 23.2 Å². The Bertz CT molecular complexity index is 926. The summed E-state index contributed by atoms with van der Waals surface area (Å²) in [6, 6.07) is 6.41. The minimum absolute atomic E-state index is 0.115. The Morgan fingerprint density at radius 1 is 1.24 bits per heavy atom. The number of carbonyl (C=O) groups excluding carboxylic acids is 1. The summed E-state index contributed by atoms with van der Waals surface area (Å²) in [5.74, 6) is 1.56. The number of oxazole rings is 1. The molecule has 1 atom stereocenters. The molecule has 0 unspecified atom stereocenters. The normalized spacial score (nSPS) is 18.7. The number of hydrogen-bond donors (Lipinski definition) is 1. The number of rotatable bonds is 8. The number of amides is 1. The fraction of sp³-hybridized carbons (Fsp3) is 0.680.